The van der Waals surface area contributed by atoms with Crippen LogP contribution in [0.1, 0.15) is 44.6 Å². The molecule has 2 heterocycles. The zero-order valence-electron chi connectivity index (χ0n) is 19.1. The Morgan fingerprint density at radius 2 is 1.61 bits per heavy atom. The Hall–Kier alpha value is -3.86. The first-order chi connectivity index (χ1) is 16.0. The lowest BCUT2D eigenvalue weighted by atomic mass is 9.79. The average Bonchev–Trinajstić information content (AvgIpc) is 3.17. The molecule has 0 fully saturated rings. The Labute approximate surface area is 193 Å². The van der Waals surface area contributed by atoms with E-state index in [0.717, 1.165) is 27.6 Å². The van der Waals surface area contributed by atoms with Gasteiger partial charge in [-0.2, -0.15) is 0 Å². The molecular formula is C28H27N3O2. The molecule has 5 heteroatoms. The molecule has 5 rings (SSSR count). The molecule has 2 amide bonds. The van der Waals surface area contributed by atoms with E-state index in [9.17, 15) is 9.59 Å². The number of likely N-dealkylation sites (N-methyl/N-ethyl adjacent to an activating group) is 1. The number of nitrogens with zero attached hydrogens (tertiary/aromatic N) is 2. The molecular weight excluding hydrogens is 410 g/mol. The third kappa shape index (κ3) is 3.59. The van der Waals surface area contributed by atoms with E-state index in [4.69, 9.17) is 0 Å². The number of fused-ring (bicyclic) bond motifs is 2. The topological polar surface area (TPSA) is 54.3 Å². The number of rotatable bonds is 4. The summed E-state index contributed by atoms with van der Waals surface area (Å²) in [4.78, 5) is 28.8. The van der Waals surface area contributed by atoms with Gasteiger partial charge in [0.05, 0.1) is 12.0 Å². The van der Waals surface area contributed by atoms with E-state index in [2.05, 4.69) is 22.0 Å². The van der Waals surface area contributed by atoms with Crippen molar-refractivity contribution in [1.29, 1.82) is 0 Å². The summed E-state index contributed by atoms with van der Waals surface area (Å²) in [5.74, 6) is -0.661. The molecule has 0 saturated carbocycles. The molecule has 1 aliphatic rings. The normalized spacial score (nSPS) is 17.8. The lowest BCUT2D eigenvalue weighted by Gasteiger charge is -2.39. The maximum Gasteiger partial charge on any atom is 0.254 e. The van der Waals surface area contributed by atoms with Gasteiger partial charge in [0.1, 0.15) is 0 Å². The minimum Gasteiger partial charge on any atom is -0.351 e. The predicted molar refractivity (Wildman–Crippen MR) is 130 cm³/mol. The second-order valence-electron chi connectivity index (χ2n) is 8.84. The molecule has 1 aliphatic heterocycles. The summed E-state index contributed by atoms with van der Waals surface area (Å²) >= 11 is 0. The number of aromatic nitrogens is 1. The standard InChI is InChI=1S/C28H27N3O2/c1-18-12-14-19(15-13-18)16-29-27(32)25-21-9-4-5-10-22(21)28(33)31(3)26(25)23-17-30(2)24-11-7-6-8-20(23)24/h4-15,17,25-26H,16H2,1-3H3,(H,29,32). The number of para-hydroxylation sites is 1. The van der Waals surface area contributed by atoms with E-state index in [-0.39, 0.29) is 11.8 Å². The third-order valence-corrected chi connectivity index (χ3v) is 6.70. The van der Waals surface area contributed by atoms with E-state index in [0.29, 0.717) is 12.1 Å². The molecule has 1 N–H and O–H groups in total. The van der Waals surface area contributed by atoms with E-state index >= 15 is 0 Å². The van der Waals surface area contributed by atoms with Gasteiger partial charge in [0.25, 0.3) is 5.91 Å². The van der Waals surface area contributed by atoms with Gasteiger partial charge in [-0.25, -0.2) is 0 Å². The Bertz CT molecular complexity index is 1350. The zero-order chi connectivity index (χ0) is 23.1. The van der Waals surface area contributed by atoms with E-state index in [1.165, 1.54) is 5.56 Å². The molecule has 4 aromatic rings. The maximum atomic E-state index is 13.7. The van der Waals surface area contributed by atoms with Crippen molar-refractivity contribution in [1.82, 2.24) is 14.8 Å². The van der Waals surface area contributed by atoms with Crippen LogP contribution in [0.4, 0.5) is 0 Å². The molecule has 5 nitrogen and oxygen atoms in total. The van der Waals surface area contributed by atoms with Gasteiger partial charge in [-0.15, -0.1) is 0 Å². The number of nitrogens with one attached hydrogen (secondary N) is 1. The SMILES string of the molecule is Cc1ccc(CNC(=O)C2c3ccccc3C(=O)N(C)C2c2cn(C)c3ccccc23)cc1. The van der Waals surface area contributed by atoms with Crippen molar-refractivity contribution < 1.29 is 9.59 Å². The fourth-order valence-electron chi connectivity index (χ4n) is 4.96. The number of carbonyl (C=O) groups is 2. The maximum absolute atomic E-state index is 13.7. The van der Waals surface area contributed by atoms with Crippen molar-refractivity contribution >= 4 is 22.7 Å². The van der Waals surface area contributed by atoms with Crippen LogP contribution in [0.25, 0.3) is 10.9 Å². The Morgan fingerprint density at radius 3 is 2.39 bits per heavy atom. The molecule has 2 atom stereocenters. The van der Waals surface area contributed by atoms with E-state index < -0.39 is 12.0 Å². The van der Waals surface area contributed by atoms with Crippen LogP contribution in [-0.4, -0.2) is 28.3 Å². The number of benzene rings is 3. The van der Waals surface area contributed by atoms with Gasteiger partial charge in [0, 0.05) is 48.9 Å². The van der Waals surface area contributed by atoms with Crippen LogP contribution in [0.5, 0.6) is 0 Å². The molecule has 1 aromatic heterocycles. The minimum absolute atomic E-state index is 0.0638. The van der Waals surface area contributed by atoms with Gasteiger partial charge in [-0.3, -0.25) is 9.59 Å². The highest BCUT2D eigenvalue weighted by molar-refractivity contribution is 6.02. The summed E-state index contributed by atoms with van der Waals surface area (Å²) in [5.41, 5.74) is 5.65. The molecule has 0 spiro atoms. The minimum atomic E-state index is -0.514. The number of hydrogen-bond acceptors (Lipinski definition) is 2. The number of hydrogen-bond donors (Lipinski definition) is 1. The van der Waals surface area contributed by atoms with Gasteiger partial charge in [0.2, 0.25) is 5.91 Å². The molecule has 0 bridgehead atoms. The predicted octanol–water partition coefficient (Wildman–Crippen LogP) is 4.71. The molecule has 166 valence electrons. The summed E-state index contributed by atoms with van der Waals surface area (Å²) in [5, 5.41) is 4.19. The van der Waals surface area contributed by atoms with E-state index in [1.54, 1.807) is 11.9 Å². The summed E-state index contributed by atoms with van der Waals surface area (Å²) in [6, 6.07) is 23.3. The second-order valence-corrected chi connectivity index (χ2v) is 8.84. The van der Waals surface area contributed by atoms with Crippen molar-refractivity contribution in [3.63, 3.8) is 0 Å². The molecule has 33 heavy (non-hydrogen) atoms. The first kappa shape index (κ1) is 21.0. The Kier molecular flexibility index (Phi) is 5.25. The largest absolute Gasteiger partial charge is 0.351 e. The summed E-state index contributed by atoms with van der Waals surface area (Å²) < 4.78 is 2.06. The summed E-state index contributed by atoms with van der Waals surface area (Å²) in [6.07, 6.45) is 2.05. The van der Waals surface area contributed by atoms with Crippen LogP contribution in [0.15, 0.2) is 79.0 Å². The highest BCUT2D eigenvalue weighted by Crippen LogP contribution is 2.44. The van der Waals surface area contributed by atoms with Crippen LogP contribution in [-0.2, 0) is 18.4 Å². The van der Waals surface area contributed by atoms with Crippen molar-refractivity contribution in [3.05, 3.63) is 107 Å². The average molecular weight is 438 g/mol. The van der Waals surface area contributed by atoms with Gasteiger partial charge in [0.15, 0.2) is 0 Å². The van der Waals surface area contributed by atoms with Gasteiger partial charge in [-0.05, 0) is 30.2 Å². The highest BCUT2D eigenvalue weighted by Gasteiger charge is 2.43. The Balaban J connectivity index is 1.59. The Morgan fingerprint density at radius 1 is 0.909 bits per heavy atom. The first-order valence-corrected chi connectivity index (χ1v) is 11.2. The summed E-state index contributed by atoms with van der Waals surface area (Å²) in [6.45, 7) is 2.49. The number of aryl methyl sites for hydroxylation is 2. The zero-order valence-corrected chi connectivity index (χ0v) is 19.1. The van der Waals surface area contributed by atoms with Gasteiger partial charge in [-0.1, -0.05) is 66.2 Å². The number of carbonyl (C=O) groups excluding carboxylic acids is 2. The lowest BCUT2D eigenvalue weighted by molar-refractivity contribution is -0.124. The van der Waals surface area contributed by atoms with Crippen LogP contribution >= 0.6 is 0 Å². The molecule has 3 aromatic carbocycles. The van der Waals surface area contributed by atoms with Crippen LogP contribution in [0.2, 0.25) is 0 Å². The smallest absolute Gasteiger partial charge is 0.254 e. The van der Waals surface area contributed by atoms with Gasteiger partial charge >= 0.3 is 0 Å². The molecule has 0 radical (unpaired) electrons. The quantitative estimate of drug-likeness (QED) is 0.503. The fourth-order valence-corrected chi connectivity index (χ4v) is 4.96. The van der Waals surface area contributed by atoms with Crippen molar-refractivity contribution in [2.24, 2.45) is 7.05 Å². The van der Waals surface area contributed by atoms with Crippen LogP contribution in [0, 0.1) is 6.92 Å². The van der Waals surface area contributed by atoms with Crippen molar-refractivity contribution in [2.45, 2.75) is 25.4 Å². The summed E-state index contributed by atoms with van der Waals surface area (Å²) in [7, 11) is 3.79. The lowest BCUT2D eigenvalue weighted by Crippen LogP contribution is -2.45. The number of amides is 2. The van der Waals surface area contributed by atoms with E-state index in [1.807, 2.05) is 80.8 Å². The highest BCUT2D eigenvalue weighted by atomic mass is 16.2. The van der Waals surface area contributed by atoms with Crippen molar-refractivity contribution in [3.8, 4) is 0 Å². The van der Waals surface area contributed by atoms with Crippen LogP contribution in [0.3, 0.4) is 0 Å². The molecule has 2 unspecified atom stereocenters. The third-order valence-electron chi connectivity index (χ3n) is 6.70. The monoisotopic (exact) mass is 437 g/mol. The molecule has 0 aliphatic carbocycles. The molecule has 0 saturated heterocycles. The second kappa shape index (κ2) is 8.24. The first-order valence-electron chi connectivity index (χ1n) is 11.2. The van der Waals surface area contributed by atoms with Crippen LogP contribution < -0.4 is 5.32 Å². The fraction of sp³-hybridized carbons (Fsp3) is 0.214. The van der Waals surface area contributed by atoms with Crippen molar-refractivity contribution in [2.75, 3.05) is 7.05 Å². The van der Waals surface area contributed by atoms with Gasteiger partial charge < -0.3 is 14.8 Å².